The first kappa shape index (κ1) is 14.3. The van der Waals surface area contributed by atoms with Gasteiger partial charge in [0.15, 0.2) is 0 Å². The molecule has 3 aromatic rings. The molecule has 0 aliphatic heterocycles. The summed E-state index contributed by atoms with van der Waals surface area (Å²) in [5, 5.41) is 3.54. The average molecular weight is 411 g/mol. The van der Waals surface area contributed by atoms with E-state index in [1.165, 1.54) is 15.6 Å². The molecule has 0 spiro atoms. The van der Waals surface area contributed by atoms with Crippen LogP contribution in [0.1, 0.15) is 17.2 Å². The van der Waals surface area contributed by atoms with Crippen LogP contribution >= 0.6 is 43.2 Å². The van der Waals surface area contributed by atoms with Crippen molar-refractivity contribution in [3.05, 3.63) is 67.9 Å². The molecule has 0 aliphatic carbocycles. The molecule has 0 bridgehead atoms. The lowest BCUT2D eigenvalue weighted by Crippen LogP contribution is -2.13. The Morgan fingerprint density at radius 3 is 2.70 bits per heavy atom. The minimum Gasteiger partial charge on any atom is -0.324 e. The van der Waals surface area contributed by atoms with E-state index in [9.17, 15) is 0 Å². The Hall–Kier alpha value is -0.680. The van der Waals surface area contributed by atoms with Crippen molar-refractivity contribution in [3.8, 4) is 0 Å². The number of hydrogen-bond donors (Lipinski definition) is 1. The minimum absolute atomic E-state index is 0.00418. The van der Waals surface area contributed by atoms with Crippen molar-refractivity contribution in [1.82, 2.24) is 0 Å². The van der Waals surface area contributed by atoms with Crippen LogP contribution in [0.25, 0.3) is 10.1 Å². The predicted octanol–water partition coefficient (Wildman–Crippen LogP) is 5.67. The van der Waals surface area contributed by atoms with E-state index >= 15 is 0 Å². The first-order chi connectivity index (χ1) is 9.65. The highest BCUT2D eigenvalue weighted by Gasteiger charge is 2.13. The van der Waals surface area contributed by atoms with Crippen LogP contribution in [0.2, 0.25) is 0 Å². The van der Waals surface area contributed by atoms with Crippen LogP contribution in [0.3, 0.4) is 0 Å². The van der Waals surface area contributed by atoms with Crippen molar-refractivity contribution in [3.63, 3.8) is 0 Å². The lowest BCUT2D eigenvalue weighted by molar-refractivity contribution is 0.723. The predicted molar refractivity (Wildman–Crippen MR) is 94.3 cm³/mol. The molecule has 1 atom stereocenters. The van der Waals surface area contributed by atoms with E-state index in [2.05, 4.69) is 67.6 Å². The Morgan fingerprint density at radius 2 is 1.90 bits per heavy atom. The summed E-state index contributed by atoms with van der Waals surface area (Å²) in [6.45, 7) is 0. The summed E-state index contributed by atoms with van der Waals surface area (Å²) in [5.74, 6) is 0. The maximum atomic E-state index is 6.39. The first-order valence-corrected chi connectivity index (χ1v) is 8.77. The van der Waals surface area contributed by atoms with Crippen LogP contribution < -0.4 is 5.73 Å². The molecule has 0 amide bonds. The summed E-state index contributed by atoms with van der Waals surface area (Å²) < 4.78 is 3.43. The number of thiophene rings is 1. The van der Waals surface area contributed by atoms with Gasteiger partial charge in [0, 0.05) is 19.7 Å². The molecular weight excluding hydrogens is 398 g/mol. The van der Waals surface area contributed by atoms with Gasteiger partial charge in [0.2, 0.25) is 0 Å². The summed E-state index contributed by atoms with van der Waals surface area (Å²) in [5.41, 5.74) is 8.86. The van der Waals surface area contributed by atoms with Gasteiger partial charge in [0.05, 0.1) is 0 Å². The molecule has 0 radical (unpaired) electrons. The topological polar surface area (TPSA) is 26.0 Å². The van der Waals surface area contributed by atoms with E-state index in [1.807, 2.05) is 12.1 Å². The van der Waals surface area contributed by atoms with Crippen LogP contribution in [0, 0.1) is 0 Å². The molecule has 3 rings (SSSR count). The van der Waals surface area contributed by atoms with Gasteiger partial charge in [-0.25, -0.2) is 0 Å². The maximum Gasteiger partial charge on any atom is 0.0347 e. The standard InChI is InChI=1S/C16H13Br2NS/c17-11-5-6-13(14(18)8-11)15(19)7-10-9-20-16-4-2-1-3-12(10)16/h1-6,8-9,15H,7,19H2. The number of fused-ring (bicyclic) bond motifs is 1. The molecule has 20 heavy (non-hydrogen) atoms. The largest absolute Gasteiger partial charge is 0.324 e. The molecular formula is C16H13Br2NS. The first-order valence-electron chi connectivity index (χ1n) is 6.31. The van der Waals surface area contributed by atoms with Crippen LogP contribution in [0.4, 0.5) is 0 Å². The lowest BCUT2D eigenvalue weighted by Gasteiger charge is -2.14. The lowest BCUT2D eigenvalue weighted by atomic mass is 9.99. The fraction of sp³-hybridized carbons (Fsp3) is 0.125. The van der Waals surface area contributed by atoms with Crippen molar-refractivity contribution < 1.29 is 0 Å². The molecule has 1 unspecified atom stereocenters. The van der Waals surface area contributed by atoms with Crippen molar-refractivity contribution in [2.45, 2.75) is 12.5 Å². The zero-order valence-corrected chi connectivity index (χ0v) is 14.6. The molecule has 1 nitrogen and oxygen atoms in total. The van der Waals surface area contributed by atoms with E-state index in [0.29, 0.717) is 0 Å². The highest BCUT2D eigenvalue weighted by atomic mass is 79.9. The van der Waals surface area contributed by atoms with Gasteiger partial charge in [-0.05, 0) is 46.5 Å². The van der Waals surface area contributed by atoms with Gasteiger partial charge < -0.3 is 5.73 Å². The molecule has 1 aromatic heterocycles. The maximum absolute atomic E-state index is 6.39. The molecule has 2 N–H and O–H groups in total. The monoisotopic (exact) mass is 409 g/mol. The summed E-state index contributed by atoms with van der Waals surface area (Å²) in [7, 11) is 0. The second kappa shape index (κ2) is 5.98. The second-order valence-corrected chi connectivity index (χ2v) is 7.41. The Kier molecular flexibility index (Phi) is 4.26. The Morgan fingerprint density at radius 1 is 1.10 bits per heavy atom. The zero-order chi connectivity index (χ0) is 14.1. The molecule has 102 valence electrons. The van der Waals surface area contributed by atoms with Gasteiger partial charge in [0.1, 0.15) is 0 Å². The van der Waals surface area contributed by atoms with Gasteiger partial charge in [-0.1, -0.05) is 56.1 Å². The van der Waals surface area contributed by atoms with Gasteiger partial charge in [-0.2, -0.15) is 0 Å². The molecule has 4 heteroatoms. The van der Waals surface area contributed by atoms with Gasteiger partial charge >= 0.3 is 0 Å². The second-order valence-electron chi connectivity index (χ2n) is 4.73. The smallest absolute Gasteiger partial charge is 0.0347 e. The third-order valence-corrected chi connectivity index (χ3v) is 5.56. The number of halogens is 2. The minimum atomic E-state index is -0.00418. The summed E-state index contributed by atoms with van der Waals surface area (Å²) in [4.78, 5) is 0. The van der Waals surface area contributed by atoms with Crippen LogP contribution in [0.5, 0.6) is 0 Å². The molecule has 0 fully saturated rings. The van der Waals surface area contributed by atoms with Crippen molar-refractivity contribution >= 4 is 53.3 Å². The van der Waals surface area contributed by atoms with Gasteiger partial charge in [0.25, 0.3) is 0 Å². The summed E-state index contributed by atoms with van der Waals surface area (Å²) in [6.07, 6.45) is 0.851. The summed E-state index contributed by atoms with van der Waals surface area (Å²) in [6, 6.07) is 14.6. The fourth-order valence-corrected chi connectivity index (χ4v) is 4.66. The Balaban J connectivity index is 1.90. The SMILES string of the molecule is NC(Cc1csc2ccccc12)c1ccc(Br)cc1Br. The highest BCUT2D eigenvalue weighted by molar-refractivity contribution is 9.11. The highest BCUT2D eigenvalue weighted by Crippen LogP contribution is 2.31. The van der Waals surface area contributed by atoms with E-state index in [4.69, 9.17) is 5.73 Å². The van der Waals surface area contributed by atoms with Crippen molar-refractivity contribution in [1.29, 1.82) is 0 Å². The van der Waals surface area contributed by atoms with Crippen LogP contribution in [-0.4, -0.2) is 0 Å². The number of benzene rings is 2. The van der Waals surface area contributed by atoms with Crippen molar-refractivity contribution in [2.75, 3.05) is 0 Å². The van der Waals surface area contributed by atoms with Crippen molar-refractivity contribution in [2.24, 2.45) is 5.73 Å². The van der Waals surface area contributed by atoms with E-state index in [1.54, 1.807) is 11.3 Å². The number of nitrogens with two attached hydrogens (primary N) is 1. The fourth-order valence-electron chi connectivity index (χ4n) is 2.34. The van der Waals surface area contributed by atoms with E-state index < -0.39 is 0 Å². The quantitative estimate of drug-likeness (QED) is 0.591. The number of hydrogen-bond acceptors (Lipinski definition) is 2. The van der Waals surface area contributed by atoms with Gasteiger partial charge in [-0.3, -0.25) is 0 Å². The van der Waals surface area contributed by atoms with E-state index in [-0.39, 0.29) is 6.04 Å². The zero-order valence-electron chi connectivity index (χ0n) is 10.6. The molecule has 1 heterocycles. The molecule has 0 saturated carbocycles. The van der Waals surface area contributed by atoms with Gasteiger partial charge in [-0.15, -0.1) is 11.3 Å². The Bertz CT molecular complexity index is 751. The third kappa shape index (κ3) is 2.84. The van der Waals surface area contributed by atoms with E-state index in [0.717, 1.165) is 20.9 Å². The van der Waals surface area contributed by atoms with Crippen LogP contribution in [0.15, 0.2) is 56.8 Å². The third-order valence-electron chi connectivity index (χ3n) is 3.36. The normalized spacial score (nSPS) is 12.8. The average Bonchev–Trinajstić information content (AvgIpc) is 2.82. The number of rotatable bonds is 3. The summed E-state index contributed by atoms with van der Waals surface area (Å²) >= 11 is 8.85. The molecule has 0 aliphatic rings. The molecule has 0 saturated heterocycles. The molecule has 2 aromatic carbocycles. The van der Waals surface area contributed by atoms with Crippen LogP contribution in [-0.2, 0) is 6.42 Å². The Labute approximate surface area is 139 Å².